The second-order valence-electron chi connectivity index (χ2n) is 6.14. The van der Waals surface area contributed by atoms with E-state index < -0.39 is 0 Å². The highest BCUT2D eigenvalue weighted by Crippen LogP contribution is 2.26. The van der Waals surface area contributed by atoms with Gasteiger partial charge >= 0.3 is 0 Å². The predicted molar refractivity (Wildman–Crippen MR) is 95.1 cm³/mol. The van der Waals surface area contributed by atoms with Crippen LogP contribution in [-0.4, -0.2) is 25.0 Å². The molecule has 6 heteroatoms. The normalized spacial score (nSPS) is 14.6. The number of benzene rings is 1. The highest BCUT2D eigenvalue weighted by molar-refractivity contribution is 5.90. The third kappa shape index (κ3) is 2.96. The number of aromatic nitrogens is 5. The molecule has 1 aromatic carbocycles. The lowest BCUT2D eigenvalue weighted by molar-refractivity contribution is 0.627. The van der Waals surface area contributed by atoms with Gasteiger partial charge in [0.15, 0.2) is 5.82 Å². The standard InChI is InChI=1S/C19H18N6/c20-12-15(19-24-22-17-9-5-2-6-10-25(17)19)11-16-13-21-23-18(16)14-7-3-1-4-8-14/h1,3-4,7-8,11,13H,2,5-6,9-10H2,(H,21,23)/b15-11-. The second-order valence-corrected chi connectivity index (χ2v) is 6.14. The number of nitriles is 1. The molecule has 1 aliphatic rings. The van der Waals surface area contributed by atoms with Gasteiger partial charge in [-0.2, -0.15) is 10.4 Å². The van der Waals surface area contributed by atoms with Crippen molar-refractivity contribution in [3.05, 3.63) is 53.7 Å². The van der Waals surface area contributed by atoms with Crippen LogP contribution in [0.4, 0.5) is 0 Å². The highest BCUT2D eigenvalue weighted by atomic mass is 15.3. The van der Waals surface area contributed by atoms with Gasteiger partial charge < -0.3 is 4.57 Å². The van der Waals surface area contributed by atoms with Crippen molar-refractivity contribution in [3.63, 3.8) is 0 Å². The van der Waals surface area contributed by atoms with Gasteiger partial charge in [0.05, 0.1) is 17.5 Å². The molecule has 3 heterocycles. The molecule has 0 saturated heterocycles. The Hall–Kier alpha value is -3.20. The first-order chi connectivity index (χ1) is 12.4. The van der Waals surface area contributed by atoms with Crippen molar-refractivity contribution in [2.45, 2.75) is 32.2 Å². The van der Waals surface area contributed by atoms with Gasteiger partial charge in [0.25, 0.3) is 0 Å². The molecule has 2 aromatic heterocycles. The van der Waals surface area contributed by atoms with Crippen molar-refractivity contribution in [2.24, 2.45) is 0 Å². The summed E-state index contributed by atoms with van der Waals surface area (Å²) in [7, 11) is 0. The fraction of sp³-hybridized carbons (Fsp3) is 0.263. The Kier molecular flexibility index (Phi) is 4.13. The van der Waals surface area contributed by atoms with E-state index in [1.165, 1.54) is 6.42 Å². The van der Waals surface area contributed by atoms with Crippen LogP contribution >= 0.6 is 0 Å². The van der Waals surface area contributed by atoms with Crippen molar-refractivity contribution in [3.8, 4) is 17.3 Å². The Morgan fingerprint density at radius 2 is 2.04 bits per heavy atom. The first-order valence-electron chi connectivity index (χ1n) is 8.50. The fourth-order valence-electron chi connectivity index (χ4n) is 3.23. The van der Waals surface area contributed by atoms with Crippen LogP contribution in [0.2, 0.25) is 0 Å². The van der Waals surface area contributed by atoms with E-state index in [1.807, 2.05) is 36.4 Å². The SMILES string of the molecule is N#C/C(=C/c1cn[nH]c1-c1ccccc1)c1nnc2n1CCCCC2. The number of aryl methyl sites for hydroxylation is 1. The van der Waals surface area contributed by atoms with E-state index in [-0.39, 0.29) is 0 Å². The number of hydrogen-bond acceptors (Lipinski definition) is 4. The molecule has 0 radical (unpaired) electrons. The summed E-state index contributed by atoms with van der Waals surface area (Å²) >= 11 is 0. The summed E-state index contributed by atoms with van der Waals surface area (Å²) in [6.45, 7) is 0.869. The summed E-state index contributed by atoms with van der Waals surface area (Å²) in [5.74, 6) is 1.63. The fourth-order valence-corrected chi connectivity index (χ4v) is 3.23. The molecule has 1 N–H and O–H groups in total. The molecule has 25 heavy (non-hydrogen) atoms. The van der Waals surface area contributed by atoms with Crippen LogP contribution in [0.5, 0.6) is 0 Å². The van der Waals surface area contributed by atoms with E-state index in [9.17, 15) is 5.26 Å². The van der Waals surface area contributed by atoms with Crippen LogP contribution in [0.3, 0.4) is 0 Å². The van der Waals surface area contributed by atoms with Gasteiger partial charge in [-0.3, -0.25) is 5.10 Å². The first kappa shape index (κ1) is 15.3. The molecule has 4 rings (SSSR count). The molecule has 0 amide bonds. The Morgan fingerprint density at radius 3 is 2.88 bits per heavy atom. The molecule has 3 aromatic rings. The quantitative estimate of drug-likeness (QED) is 0.745. The predicted octanol–water partition coefficient (Wildman–Crippen LogP) is 3.46. The van der Waals surface area contributed by atoms with Crippen molar-refractivity contribution in [2.75, 3.05) is 0 Å². The zero-order valence-corrected chi connectivity index (χ0v) is 13.8. The van der Waals surface area contributed by atoms with Gasteiger partial charge in [-0.15, -0.1) is 10.2 Å². The first-order valence-corrected chi connectivity index (χ1v) is 8.50. The van der Waals surface area contributed by atoms with E-state index in [1.54, 1.807) is 6.20 Å². The van der Waals surface area contributed by atoms with E-state index in [2.05, 4.69) is 31.0 Å². The number of aromatic amines is 1. The summed E-state index contributed by atoms with van der Waals surface area (Å²) in [5, 5.41) is 25.4. The highest BCUT2D eigenvalue weighted by Gasteiger charge is 2.18. The van der Waals surface area contributed by atoms with Gasteiger partial charge in [-0.1, -0.05) is 36.8 Å². The lowest BCUT2D eigenvalue weighted by atomic mass is 10.1. The van der Waals surface area contributed by atoms with Crippen molar-refractivity contribution >= 4 is 11.6 Å². The topological polar surface area (TPSA) is 83.2 Å². The number of rotatable bonds is 3. The maximum absolute atomic E-state index is 9.70. The van der Waals surface area contributed by atoms with E-state index >= 15 is 0 Å². The summed E-state index contributed by atoms with van der Waals surface area (Å²) in [4.78, 5) is 0. The van der Waals surface area contributed by atoms with Crippen LogP contribution in [0.15, 0.2) is 36.5 Å². The number of H-pyrrole nitrogens is 1. The molecule has 0 unspecified atom stereocenters. The van der Waals surface area contributed by atoms with Crippen LogP contribution in [-0.2, 0) is 13.0 Å². The van der Waals surface area contributed by atoms with E-state index in [0.717, 1.165) is 48.5 Å². The van der Waals surface area contributed by atoms with Gasteiger partial charge in [0.1, 0.15) is 11.9 Å². The van der Waals surface area contributed by atoms with Crippen LogP contribution in [0, 0.1) is 11.3 Å². The van der Waals surface area contributed by atoms with Crippen molar-refractivity contribution in [1.82, 2.24) is 25.0 Å². The van der Waals surface area contributed by atoms with Gasteiger partial charge in [-0.25, -0.2) is 0 Å². The Bertz CT molecular complexity index is 942. The number of hydrogen-bond donors (Lipinski definition) is 1. The lowest BCUT2D eigenvalue weighted by Gasteiger charge is -2.06. The zero-order chi connectivity index (χ0) is 17.1. The van der Waals surface area contributed by atoms with E-state index in [0.29, 0.717) is 11.4 Å². The second kappa shape index (κ2) is 6.73. The molecule has 0 spiro atoms. The van der Waals surface area contributed by atoms with Crippen LogP contribution in [0.25, 0.3) is 22.9 Å². The molecule has 0 fully saturated rings. The average Bonchev–Trinajstić information content (AvgIpc) is 3.21. The Labute approximate surface area is 145 Å². The average molecular weight is 330 g/mol. The largest absolute Gasteiger partial charge is 0.310 e. The molecule has 0 bridgehead atoms. The van der Waals surface area contributed by atoms with E-state index in [4.69, 9.17) is 0 Å². The maximum atomic E-state index is 9.70. The smallest absolute Gasteiger partial charge is 0.174 e. The van der Waals surface area contributed by atoms with Gasteiger partial charge in [0.2, 0.25) is 0 Å². The molecule has 0 aliphatic carbocycles. The number of fused-ring (bicyclic) bond motifs is 1. The zero-order valence-electron chi connectivity index (χ0n) is 13.8. The van der Waals surface area contributed by atoms with Gasteiger partial charge in [0, 0.05) is 24.1 Å². The van der Waals surface area contributed by atoms with Gasteiger partial charge in [-0.05, 0) is 18.9 Å². The molecule has 0 saturated carbocycles. The van der Waals surface area contributed by atoms with Crippen LogP contribution in [0.1, 0.15) is 36.5 Å². The minimum Gasteiger partial charge on any atom is -0.310 e. The summed E-state index contributed by atoms with van der Waals surface area (Å²) in [5.41, 5.74) is 3.31. The molecular formula is C19H18N6. The molecule has 0 atom stereocenters. The monoisotopic (exact) mass is 330 g/mol. The third-order valence-electron chi connectivity index (χ3n) is 4.50. The number of nitrogens with zero attached hydrogens (tertiary/aromatic N) is 5. The van der Waals surface area contributed by atoms with Crippen LogP contribution < -0.4 is 0 Å². The Balaban J connectivity index is 1.76. The number of allylic oxidation sites excluding steroid dienone is 1. The van der Waals surface area contributed by atoms with Crippen molar-refractivity contribution < 1.29 is 0 Å². The molecule has 124 valence electrons. The minimum absolute atomic E-state index is 0.513. The molecule has 6 nitrogen and oxygen atoms in total. The molecule has 1 aliphatic heterocycles. The maximum Gasteiger partial charge on any atom is 0.174 e. The number of nitrogens with one attached hydrogen (secondary N) is 1. The summed E-state index contributed by atoms with van der Waals surface area (Å²) in [6.07, 6.45) is 7.91. The summed E-state index contributed by atoms with van der Waals surface area (Å²) < 4.78 is 2.09. The third-order valence-corrected chi connectivity index (χ3v) is 4.50. The lowest BCUT2D eigenvalue weighted by Crippen LogP contribution is -2.05. The molecular weight excluding hydrogens is 312 g/mol. The summed E-state index contributed by atoms with van der Waals surface area (Å²) in [6, 6.07) is 12.2. The van der Waals surface area contributed by atoms with Crippen molar-refractivity contribution in [1.29, 1.82) is 5.26 Å². The Morgan fingerprint density at radius 1 is 1.16 bits per heavy atom. The minimum atomic E-state index is 0.513.